The second-order valence-corrected chi connectivity index (χ2v) is 6.43. The van der Waals surface area contributed by atoms with Gasteiger partial charge in [-0.2, -0.15) is 0 Å². The number of benzene rings is 1. The maximum Gasteiger partial charge on any atom is 0.410 e. The molecule has 1 aromatic carbocycles. The topological polar surface area (TPSA) is 50.8 Å². The average molecular weight is 348 g/mol. The van der Waals surface area contributed by atoms with E-state index >= 15 is 0 Å². The number of rotatable bonds is 8. The highest BCUT2D eigenvalue weighted by Gasteiger charge is 2.30. The van der Waals surface area contributed by atoms with Crippen molar-refractivity contribution in [1.29, 1.82) is 0 Å². The first kappa shape index (κ1) is 19.6. The normalized spacial score (nSPS) is 16.5. The number of hydrogen-bond acceptors (Lipinski definition) is 4. The van der Waals surface area contributed by atoms with Crippen LogP contribution in [0.3, 0.4) is 0 Å². The molecule has 25 heavy (non-hydrogen) atoms. The molecular formula is C20H32N2O3. The summed E-state index contributed by atoms with van der Waals surface area (Å²) in [6, 6.07) is 4.56. The molecule has 2 rings (SSSR count). The fraction of sp³-hybridized carbons (Fsp3) is 0.650. The first-order valence-electron chi connectivity index (χ1n) is 9.56. The summed E-state index contributed by atoms with van der Waals surface area (Å²) in [6.07, 6.45) is 2.69. The van der Waals surface area contributed by atoms with Gasteiger partial charge in [-0.15, -0.1) is 0 Å². The van der Waals surface area contributed by atoms with Gasteiger partial charge >= 0.3 is 6.09 Å². The van der Waals surface area contributed by atoms with Crippen LogP contribution in [0.1, 0.15) is 57.2 Å². The Morgan fingerprint density at radius 1 is 1.20 bits per heavy atom. The Morgan fingerprint density at radius 2 is 2.00 bits per heavy atom. The lowest BCUT2D eigenvalue weighted by atomic mass is 9.91. The maximum atomic E-state index is 12.3. The van der Waals surface area contributed by atoms with E-state index in [4.69, 9.17) is 9.47 Å². The van der Waals surface area contributed by atoms with Crippen LogP contribution in [0.15, 0.2) is 12.1 Å². The largest absolute Gasteiger partial charge is 0.494 e. The van der Waals surface area contributed by atoms with Gasteiger partial charge in [0, 0.05) is 24.7 Å². The summed E-state index contributed by atoms with van der Waals surface area (Å²) in [5, 5.41) is 3.46. The molecular weight excluding hydrogens is 316 g/mol. The molecule has 1 aromatic rings. The Balaban J connectivity index is 2.27. The molecule has 1 unspecified atom stereocenters. The van der Waals surface area contributed by atoms with Gasteiger partial charge in [-0.3, -0.25) is 0 Å². The van der Waals surface area contributed by atoms with Gasteiger partial charge in [0.25, 0.3) is 0 Å². The number of amides is 1. The van der Waals surface area contributed by atoms with Gasteiger partial charge in [-0.1, -0.05) is 19.9 Å². The Morgan fingerprint density at radius 3 is 2.64 bits per heavy atom. The van der Waals surface area contributed by atoms with E-state index < -0.39 is 0 Å². The third kappa shape index (κ3) is 4.88. The Kier molecular flexibility index (Phi) is 7.56. The first-order chi connectivity index (χ1) is 12.1. The molecule has 140 valence electrons. The SMILES string of the molecule is CCCNCc1cc2c(cc1OCC)CN(C(=O)OCC)C(CC)C2. The molecule has 0 saturated carbocycles. The third-order valence-electron chi connectivity index (χ3n) is 4.64. The molecule has 1 amide bonds. The third-order valence-corrected chi connectivity index (χ3v) is 4.64. The van der Waals surface area contributed by atoms with Gasteiger partial charge in [0.15, 0.2) is 0 Å². The molecule has 0 bridgehead atoms. The van der Waals surface area contributed by atoms with E-state index in [-0.39, 0.29) is 12.1 Å². The molecule has 1 aliphatic heterocycles. The van der Waals surface area contributed by atoms with Gasteiger partial charge in [0.05, 0.1) is 13.2 Å². The lowest BCUT2D eigenvalue weighted by Crippen LogP contribution is -2.44. The standard InChI is InChI=1S/C20H32N2O3/c1-5-9-21-13-16-10-15-11-18(6-2)22(20(23)25-8-4)14-17(15)12-19(16)24-7-3/h10,12,18,21H,5-9,11,13-14H2,1-4H3. The van der Waals surface area contributed by atoms with Gasteiger partial charge in [-0.05, 0) is 56.8 Å². The molecule has 0 aromatic heterocycles. The summed E-state index contributed by atoms with van der Waals surface area (Å²) in [4.78, 5) is 14.1. The minimum atomic E-state index is -0.216. The number of carbonyl (C=O) groups is 1. The van der Waals surface area contributed by atoms with Crippen molar-refractivity contribution < 1.29 is 14.3 Å². The summed E-state index contributed by atoms with van der Waals surface area (Å²) >= 11 is 0. The lowest BCUT2D eigenvalue weighted by molar-refractivity contribution is 0.0813. The van der Waals surface area contributed by atoms with E-state index in [0.717, 1.165) is 38.1 Å². The fourth-order valence-electron chi connectivity index (χ4n) is 3.34. The van der Waals surface area contributed by atoms with Crippen molar-refractivity contribution in [3.8, 4) is 5.75 Å². The minimum absolute atomic E-state index is 0.195. The number of fused-ring (bicyclic) bond motifs is 1. The quantitative estimate of drug-likeness (QED) is 0.725. The van der Waals surface area contributed by atoms with Crippen LogP contribution < -0.4 is 10.1 Å². The molecule has 5 heteroatoms. The van der Waals surface area contributed by atoms with Crippen molar-refractivity contribution in [3.05, 3.63) is 28.8 Å². The van der Waals surface area contributed by atoms with Crippen molar-refractivity contribution in [3.63, 3.8) is 0 Å². The van der Waals surface area contributed by atoms with Crippen LogP contribution in [-0.2, 0) is 24.2 Å². The highest BCUT2D eigenvalue weighted by atomic mass is 16.6. The minimum Gasteiger partial charge on any atom is -0.494 e. The van der Waals surface area contributed by atoms with E-state index in [1.807, 2.05) is 18.7 Å². The van der Waals surface area contributed by atoms with Gasteiger partial charge in [0.1, 0.15) is 5.75 Å². The monoisotopic (exact) mass is 348 g/mol. The summed E-state index contributed by atoms with van der Waals surface area (Å²) < 4.78 is 11.1. The van der Waals surface area contributed by atoms with Gasteiger partial charge in [0.2, 0.25) is 0 Å². The van der Waals surface area contributed by atoms with E-state index in [9.17, 15) is 4.79 Å². The number of nitrogens with zero attached hydrogens (tertiary/aromatic N) is 1. The summed E-state index contributed by atoms with van der Waals surface area (Å²) in [5.74, 6) is 0.920. The molecule has 0 radical (unpaired) electrons. The zero-order valence-corrected chi connectivity index (χ0v) is 16.1. The maximum absolute atomic E-state index is 12.3. The molecule has 0 saturated heterocycles. The second kappa shape index (κ2) is 9.66. The molecule has 0 fully saturated rings. The zero-order chi connectivity index (χ0) is 18.2. The molecule has 0 aliphatic carbocycles. The summed E-state index contributed by atoms with van der Waals surface area (Å²) in [7, 11) is 0. The van der Waals surface area contributed by atoms with Crippen LogP contribution >= 0.6 is 0 Å². The average Bonchev–Trinajstić information content (AvgIpc) is 2.61. The second-order valence-electron chi connectivity index (χ2n) is 6.43. The number of hydrogen-bond donors (Lipinski definition) is 1. The van der Waals surface area contributed by atoms with Crippen molar-refractivity contribution in [2.75, 3.05) is 19.8 Å². The van der Waals surface area contributed by atoms with Crippen LogP contribution in [0.4, 0.5) is 4.79 Å². The molecule has 1 N–H and O–H groups in total. The summed E-state index contributed by atoms with van der Waals surface area (Å²) in [5.41, 5.74) is 3.69. The Labute approximate surface area is 151 Å². The van der Waals surface area contributed by atoms with E-state index in [1.165, 1.54) is 16.7 Å². The number of carbonyl (C=O) groups excluding carboxylic acids is 1. The highest BCUT2D eigenvalue weighted by molar-refractivity contribution is 5.69. The predicted octanol–water partition coefficient (Wildman–Crippen LogP) is 3.88. The van der Waals surface area contributed by atoms with Crippen molar-refractivity contribution in [2.24, 2.45) is 0 Å². The van der Waals surface area contributed by atoms with Crippen LogP contribution in [0.25, 0.3) is 0 Å². The van der Waals surface area contributed by atoms with E-state index in [1.54, 1.807) is 0 Å². The van der Waals surface area contributed by atoms with Gasteiger partial charge < -0.3 is 19.7 Å². The van der Waals surface area contributed by atoms with Crippen LogP contribution in [0, 0.1) is 0 Å². The van der Waals surface area contributed by atoms with Crippen molar-refractivity contribution in [1.82, 2.24) is 10.2 Å². The smallest absolute Gasteiger partial charge is 0.410 e. The fourth-order valence-corrected chi connectivity index (χ4v) is 3.34. The number of ether oxygens (including phenoxy) is 2. The van der Waals surface area contributed by atoms with Crippen molar-refractivity contribution in [2.45, 2.75) is 66.1 Å². The van der Waals surface area contributed by atoms with Crippen molar-refractivity contribution >= 4 is 6.09 Å². The molecule has 1 aliphatic rings. The van der Waals surface area contributed by atoms with E-state index in [2.05, 4.69) is 31.3 Å². The molecule has 5 nitrogen and oxygen atoms in total. The van der Waals surface area contributed by atoms with Gasteiger partial charge in [-0.25, -0.2) is 4.79 Å². The number of nitrogens with one attached hydrogen (secondary N) is 1. The summed E-state index contributed by atoms with van der Waals surface area (Å²) in [6.45, 7) is 11.6. The molecule has 1 heterocycles. The van der Waals surface area contributed by atoms with Crippen LogP contribution in [0.2, 0.25) is 0 Å². The predicted molar refractivity (Wildman–Crippen MR) is 100.0 cm³/mol. The Bertz CT molecular complexity index is 574. The zero-order valence-electron chi connectivity index (χ0n) is 16.1. The highest BCUT2D eigenvalue weighted by Crippen LogP contribution is 2.31. The molecule has 0 spiro atoms. The lowest BCUT2D eigenvalue weighted by Gasteiger charge is -2.36. The molecule has 1 atom stereocenters. The van der Waals surface area contributed by atoms with E-state index in [0.29, 0.717) is 19.8 Å². The van der Waals surface area contributed by atoms with Crippen LogP contribution in [-0.4, -0.2) is 36.8 Å². The van der Waals surface area contributed by atoms with Crippen LogP contribution in [0.5, 0.6) is 5.75 Å². The first-order valence-corrected chi connectivity index (χ1v) is 9.56. The Hall–Kier alpha value is -1.75.